The highest BCUT2D eigenvalue weighted by molar-refractivity contribution is 6.09. The molecule has 7 nitrogen and oxygen atoms in total. The molecule has 1 heterocycles. The number of urea groups is 1. The monoisotopic (exact) mass is 423 g/mol. The first-order valence-corrected chi connectivity index (χ1v) is 10.1. The highest BCUT2D eigenvalue weighted by Crippen LogP contribution is 2.31. The van der Waals surface area contributed by atoms with Gasteiger partial charge in [-0.1, -0.05) is 38.8 Å². The van der Waals surface area contributed by atoms with E-state index in [4.69, 9.17) is 0 Å². The molecule has 1 aliphatic heterocycles. The van der Waals surface area contributed by atoms with Gasteiger partial charge >= 0.3 is 12.6 Å². The normalized spacial score (nSPS) is 29.1. The van der Waals surface area contributed by atoms with Gasteiger partial charge in [0.25, 0.3) is 5.91 Å². The average Bonchev–Trinajstić information content (AvgIpc) is 2.89. The molecule has 3 rings (SSSR count). The van der Waals surface area contributed by atoms with Crippen LogP contribution in [0.5, 0.6) is 5.75 Å². The van der Waals surface area contributed by atoms with Crippen molar-refractivity contribution in [2.75, 3.05) is 6.54 Å². The molecule has 4 amide bonds. The van der Waals surface area contributed by atoms with E-state index in [0.717, 1.165) is 24.2 Å². The maximum atomic E-state index is 13.0. The lowest BCUT2D eigenvalue weighted by Crippen LogP contribution is -2.48. The minimum Gasteiger partial charge on any atom is -0.435 e. The van der Waals surface area contributed by atoms with Gasteiger partial charge < -0.3 is 15.4 Å². The molecule has 1 saturated carbocycles. The molecule has 0 unspecified atom stereocenters. The Kier molecular flexibility index (Phi) is 6.28. The quantitative estimate of drug-likeness (QED) is 0.689. The highest BCUT2D eigenvalue weighted by Gasteiger charge is 2.49. The zero-order valence-electron chi connectivity index (χ0n) is 17.3. The Labute approximate surface area is 174 Å². The van der Waals surface area contributed by atoms with Crippen LogP contribution >= 0.6 is 0 Å². The summed E-state index contributed by atoms with van der Waals surface area (Å²) in [7, 11) is 0. The summed E-state index contributed by atoms with van der Waals surface area (Å²) in [5.41, 5.74) is -0.993. The number of amides is 4. The number of ether oxygens (including phenoxy) is 1. The molecule has 1 aliphatic carbocycles. The van der Waals surface area contributed by atoms with Crippen LogP contribution in [0.15, 0.2) is 24.3 Å². The minimum absolute atomic E-state index is 0.0239. The second-order valence-electron chi connectivity index (χ2n) is 8.29. The first-order chi connectivity index (χ1) is 14.1. The van der Waals surface area contributed by atoms with Crippen molar-refractivity contribution in [3.63, 3.8) is 0 Å². The number of benzene rings is 1. The maximum Gasteiger partial charge on any atom is 0.387 e. The first kappa shape index (κ1) is 22.0. The van der Waals surface area contributed by atoms with Crippen LogP contribution in [0.3, 0.4) is 0 Å². The highest BCUT2D eigenvalue weighted by atomic mass is 19.3. The van der Waals surface area contributed by atoms with Gasteiger partial charge in [0, 0.05) is 6.04 Å². The van der Waals surface area contributed by atoms with Crippen LogP contribution in [-0.4, -0.2) is 41.9 Å². The van der Waals surface area contributed by atoms with Crippen LogP contribution in [0.2, 0.25) is 0 Å². The zero-order chi connectivity index (χ0) is 22.1. The molecular weight excluding hydrogens is 396 g/mol. The number of imide groups is 1. The molecule has 9 heteroatoms. The Morgan fingerprint density at radius 1 is 1.27 bits per heavy atom. The van der Waals surface area contributed by atoms with Crippen molar-refractivity contribution in [2.24, 2.45) is 11.8 Å². The van der Waals surface area contributed by atoms with Gasteiger partial charge in [-0.3, -0.25) is 14.5 Å². The average molecular weight is 423 g/mol. The summed E-state index contributed by atoms with van der Waals surface area (Å²) in [5, 5.41) is 5.56. The van der Waals surface area contributed by atoms with Crippen LogP contribution in [0.4, 0.5) is 13.6 Å². The Morgan fingerprint density at radius 3 is 2.57 bits per heavy atom. The topological polar surface area (TPSA) is 87.7 Å². The van der Waals surface area contributed by atoms with Crippen molar-refractivity contribution < 1.29 is 27.9 Å². The van der Waals surface area contributed by atoms with Crippen molar-refractivity contribution in [2.45, 2.75) is 58.2 Å². The summed E-state index contributed by atoms with van der Waals surface area (Å²) in [4.78, 5) is 38.8. The van der Waals surface area contributed by atoms with E-state index in [1.807, 2.05) is 0 Å². The zero-order valence-corrected chi connectivity index (χ0v) is 17.3. The van der Waals surface area contributed by atoms with E-state index in [-0.39, 0.29) is 24.2 Å². The predicted octanol–water partition coefficient (Wildman–Crippen LogP) is 3.00. The largest absolute Gasteiger partial charge is 0.435 e. The number of rotatable bonds is 6. The fourth-order valence-corrected chi connectivity index (χ4v) is 4.19. The fraction of sp³-hybridized carbons (Fsp3) is 0.571. The minimum atomic E-state index is -2.96. The van der Waals surface area contributed by atoms with Gasteiger partial charge in [-0.15, -0.1) is 0 Å². The standard InChI is InChI=1S/C21H27F2N3O4/c1-12-5-4-6-16(13(12)2)24-17(27)11-26-18(28)21(3,25-20(26)29)14-7-9-15(10-8-14)30-19(22)23/h7-10,12-13,16,19H,4-6,11H2,1-3H3,(H,24,27)(H,25,29)/t12-,13-,16+,21-/m1/s1. The van der Waals surface area contributed by atoms with Gasteiger partial charge in [0.1, 0.15) is 17.8 Å². The summed E-state index contributed by atoms with van der Waals surface area (Å²) in [5.74, 6) is -0.183. The van der Waals surface area contributed by atoms with E-state index < -0.39 is 24.1 Å². The Morgan fingerprint density at radius 2 is 1.93 bits per heavy atom. The molecule has 30 heavy (non-hydrogen) atoms. The van der Waals surface area contributed by atoms with Crippen molar-refractivity contribution in [1.29, 1.82) is 0 Å². The lowest BCUT2D eigenvalue weighted by atomic mass is 9.78. The molecule has 0 bridgehead atoms. The predicted molar refractivity (Wildman–Crippen MR) is 105 cm³/mol. The number of carbonyl (C=O) groups excluding carboxylic acids is 3. The number of hydrogen-bond acceptors (Lipinski definition) is 4. The van der Waals surface area contributed by atoms with Gasteiger partial charge in [-0.25, -0.2) is 4.79 Å². The molecule has 2 N–H and O–H groups in total. The molecule has 4 atom stereocenters. The van der Waals surface area contributed by atoms with Gasteiger partial charge in [0.2, 0.25) is 5.91 Å². The molecular formula is C21H27F2N3O4. The SMILES string of the molecule is C[C@@H]1[C@H](C)CCC[C@@H]1NC(=O)CN1C(=O)N[C@](C)(c2ccc(OC(F)F)cc2)C1=O. The second kappa shape index (κ2) is 8.57. The van der Waals surface area contributed by atoms with Gasteiger partial charge in [-0.2, -0.15) is 8.78 Å². The van der Waals surface area contributed by atoms with Gasteiger partial charge in [0.15, 0.2) is 0 Å². The van der Waals surface area contributed by atoms with Crippen LogP contribution in [-0.2, 0) is 15.1 Å². The molecule has 0 spiro atoms. The molecule has 2 aliphatic rings. The third-order valence-electron chi connectivity index (χ3n) is 6.29. The molecule has 1 aromatic carbocycles. The number of halogens is 2. The number of alkyl halides is 2. The molecule has 2 fully saturated rings. The van der Waals surface area contributed by atoms with Crippen molar-refractivity contribution in [3.8, 4) is 5.75 Å². The second-order valence-corrected chi connectivity index (χ2v) is 8.29. The molecule has 1 aromatic rings. The Bertz CT molecular complexity index is 817. The van der Waals surface area contributed by atoms with Gasteiger partial charge in [-0.05, 0) is 42.9 Å². The summed E-state index contributed by atoms with van der Waals surface area (Å²) in [6, 6.07) is 4.82. The summed E-state index contributed by atoms with van der Waals surface area (Å²) < 4.78 is 28.9. The van der Waals surface area contributed by atoms with E-state index >= 15 is 0 Å². The van der Waals surface area contributed by atoms with Crippen LogP contribution in [0.25, 0.3) is 0 Å². The maximum absolute atomic E-state index is 13.0. The molecule has 0 aromatic heterocycles. The van der Waals surface area contributed by atoms with E-state index in [1.165, 1.54) is 31.2 Å². The van der Waals surface area contributed by atoms with E-state index in [0.29, 0.717) is 17.4 Å². The summed E-state index contributed by atoms with van der Waals surface area (Å²) in [6.07, 6.45) is 3.03. The summed E-state index contributed by atoms with van der Waals surface area (Å²) >= 11 is 0. The number of carbonyl (C=O) groups is 3. The van der Waals surface area contributed by atoms with Crippen molar-refractivity contribution >= 4 is 17.8 Å². The smallest absolute Gasteiger partial charge is 0.387 e. The van der Waals surface area contributed by atoms with Crippen molar-refractivity contribution in [1.82, 2.24) is 15.5 Å². The van der Waals surface area contributed by atoms with Crippen LogP contribution in [0, 0.1) is 11.8 Å². The van der Waals surface area contributed by atoms with E-state index in [1.54, 1.807) is 0 Å². The Hall–Kier alpha value is -2.71. The number of hydrogen-bond donors (Lipinski definition) is 2. The first-order valence-electron chi connectivity index (χ1n) is 10.1. The Balaban J connectivity index is 1.67. The van der Waals surface area contributed by atoms with Crippen LogP contribution in [0.1, 0.15) is 45.6 Å². The summed E-state index contributed by atoms with van der Waals surface area (Å²) in [6.45, 7) is 2.44. The molecule has 0 radical (unpaired) electrons. The van der Waals surface area contributed by atoms with E-state index in [2.05, 4.69) is 29.2 Å². The lowest BCUT2D eigenvalue weighted by Gasteiger charge is -2.34. The lowest BCUT2D eigenvalue weighted by molar-refractivity contribution is -0.135. The van der Waals surface area contributed by atoms with E-state index in [9.17, 15) is 23.2 Å². The van der Waals surface area contributed by atoms with Gasteiger partial charge in [0.05, 0.1) is 0 Å². The molecule has 164 valence electrons. The number of nitrogens with zero attached hydrogens (tertiary/aromatic N) is 1. The third kappa shape index (κ3) is 4.39. The van der Waals surface area contributed by atoms with Crippen LogP contribution < -0.4 is 15.4 Å². The fourth-order valence-electron chi connectivity index (χ4n) is 4.19. The van der Waals surface area contributed by atoms with Crippen molar-refractivity contribution in [3.05, 3.63) is 29.8 Å². The third-order valence-corrected chi connectivity index (χ3v) is 6.29. The number of nitrogens with one attached hydrogen (secondary N) is 2. The molecule has 1 saturated heterocycles.